The number of benzene rings is 1. The third-order valence-corrected chi connectivity index (χ3v) is 3.42. The van der Waals surface area contributed by atoms with Crippen molar-refractivity contribution in [2.24, 2.45) is 0 Å². The van der Waals surface area contributed by atoms with E-state index in [0.29, 0.717) is 11.1 Å². The van der Waals surface area contributed by atoms with Gasteiger partial charge in [-0.2, -0.15) is 0 Å². The third-order valence-electron chi connectivity index (χ3n) is 2.09. The average Bonchev–Trinajstić information content (AvgIpc) is 2.06. The van der Waals surface area contributed by atoms with Crippen LogP contribution in [0.1, 0.15) is 11.1 Å². The molecule has 0 unspecified atom stereocenters. The number of hydrogen-bond acceptors (Lipinski definition) is 4. The second-order valence-corrected chi connectivity index (χ2v) is 5.65. The number of nitrogens with zero attached hydrogens (tertiary/aromatic N) is 1. The summed E-state index contributed by atoms with van der Waals surface area (Å²) in [5, 5.41) is 10.6. The molecule has 15 heavy (non-hydrogen) atoms. The van der Waals surface area contributed by atoms with Crippen LogP contribution in [-0.2, 0) is 9.05 Å². The van der Waals surface area contributed by atoms with Crippen molar-refractivity contribution in [2.45, 2.75) is 18.7 Å². The molecule has 0 atom stereocenters. The van der Waals surface area contributed by atoms with Crippen molar-refractivity contribution in [3.05, 3.63) is 33.4 Å². The molecule has 0 aliphatic carbocycles. The zero-order valence-corrected chi connectivity index (χ0v) is 9.59. The highest BCUT2D eigenvalue weighted by molar-refractivity contribution is 8.13. The lowest BCUT2D eigenvalue weighted by atomic mass is 10.1. The molecule has 0 heterocycles. The Morgan fingerprint density at radius 3 is 2.27 bits per heavy atom. The Morgan fingerprint density at radius 1 is 1.33 bits per heavy atom. The summed E-state index contributed by atoms with van der Waals surface area (Å²) in [6.07, 6.45) is 0. The number of nitro benzene ring substituents is 1. The van der Waals surface area contributed by atoms with Crippen LogP contribution in [0.5, 0.6) is 0 Å². The Kier molecular flexibility index (Phi) is 3.01. The highest BCUT2D eigenvalue weighted by Gasteiger charge is 2.19. The largest absolute Gasteiger partial charge is 0.273 e. The first-order valence-electron chi connectivity index (χ1n) is 3.94. The molecule has 0 aromatic heterocycles. The monoisotopic (exact) mass is 249 g/mol. The summed E-state index contributed by atoms with van der Waals surface area (Å²) in [4.78, 5) is 9.74. The standard InChI is InChI=1S/C8H8ClNO4S/c1-5-3-7(15(9,13)14)4-8(6(5)2)10(11)12/h3-4H,1-2H3. The highest BCUT2D eigenvalue weighted by Crippen LogP contribution is 2.27. The van der Waals surface area contributed by atoms with Crippen LogP contribution in [0.2, 0.25) is 0 Å². The van der Waals surface area contributed by atoms with Gasteiger partial charge in [0.15, 0.2) is 0 Å². The molecule has 0 N–H and O–H groups in total. The van der Waals surface area contributed by atoms with E-state index in [1.54, 1.807) is 13.8 Å². The van der Waals surface area contributed by atoms with Crippen molar-refractivity contribution in [2.75, 3.05) is 0 Å². The smallest absolute Gasteiger partial charge is 0.258 e. The predicted molar refractivity (Wildman–Crippen MR) is 55.6 cm³/mol. The van der Waals surface area contributed by atoms with Crippen LogP contribution >= 0.6 is 10.7 Å². The maximum Gasteiger partial charge on any atom is 0.273 e. The quantitative estimate of drug-likeness (QED) is 0.457. The van der Waals surface area contributed by atoms with Crippen molar-refractivity contribution in [1.82, 2.24) is 0 Å². The van der Waals surface area contributed by atoms with E-state index in [1.807, 2.05) is 0 Å². The molecule has 0 saturated heterocycles. The molecule has 0 radical (unpaired) electrons. The van der Waals surface area contributed by atoms with Crippen LogP contribution in [0, 0.1) is 24.0 Å². The lowest BCUT2D eigenvalue weighted by molar-refractivity contribution is -0.385. The number of halogens is 1. The molecule has 1 rings (SSSR count). The number of aryl methyl sites for hydroxylation is 1. The molecule has 82 valence electrons. The maximum atomic E-state index is 11.0. The molecule has 0 bridgehead atoms. The first-order valence-corrected chi connectivity index (χ1v) is 6.24. The van der Waals surface area contributed by atoms with Gasteiger partial charge in [-0.3, -0.25) is 10.1 Å². The molecule has 5 nitrogen and oxygen atoms in total. The maximum absolute atomic E-state index is 11.0. The normalized spacial score (nSPS) is 11.4. The fourth-order valence-electron chi connectivity index (χ4n) is 1.14. The van der Waals surface area contributed by atoms with Gasteiger partial charge in [0, 0.05) is 22.3 Å². The van der Waals surface area contributed by atoms with E-state index < -0.39 is 14.0 Å². The zero-order chi connectivity index (χ0) is 11.8. The van der Waals surface area contributed by atoms with Crippen LogP contribution < -0.4 is 0 Å². The van der Waals surface area contributed by atoms with Crippen LogP contribution in [0.3, 0.4) is 0 Å². The molecule has 7 heteroatoms. The second-order valence-electron chi connectivity index (χ2n) is 3.08. The average molecular weight is 250 g/mol. The molecule has 0 spiro atoms. The molecule has 0 amide bonds. The number of hydrogen-bond donors (Lipinski definition) is 0. The minimum absolute atomic E-state index is 0.241. The summed E-state index contributed by atoms with van der Waals surface area (Å²) in [7, 11) is 1.18. The van der Waals surface area contributed by atoms with Gasteiger partial charge in [0.1, 0.15) is 0 Å². The second kappa shape index (κ2) is 3.79. The zero-order valence-electron chi connectivity index (χ0n) is 8.02. The Hall–Kier alpha value is -1.14. The van der Waals surface area contributed by atoms with Gasteiger partial charge in [-0.15, -0.1) is 0 Å². The lowest BCUT2D eigenvalue weighted by Gasteiger charge is -2.03. The van der Waals surface area contributed by atoms with Gasteiger partial charge in [0.05, 0.1) is 9.82 Å². The first kappa shape index (κ1) is 11.9. The van der Waals surface area contributed by atoms with E-state index in [2.05, 4.69) is 0 Å². The van der Waals surface area contributed by atoms with Gasteiger partial charge in [0.25, 0.3) is 14.7 Å². The Morgan fingerprint density at radius 2 is 1.87 bits per heavy atom. The van der Waals surface area contributed by atoms with Crippen molar-refractivity contribution < 1.29 is 13.3 Å². The van der Waals surface area contributed by atoms with Gasteiger partial charge in [-0.1, -0.05) is 0 Å². The van der Waals surface area contributed by atoms with Gasteiger partial charge in [-0.05, 0) is 25.5 Å². The van der Waals surface area contributed by atoms with Crippen molar-refractivity contribution in [1.29, 1.82) is 0 Å². The minimum atomic E-state index is -3.93. The van der Waals surface area contributed by atoms with Gasteiger partial charge in [0.2, 0.25) is 0 Å². The lowest BCUT2D eigenvalue weighted by Crippen LogP contribution is -1.98. The summed E-state index contributed by atoms with van der Waals surface area (Å²) >= 11 is 0. The number of rotatable bonds is 2. The van der Waals surface area contributed by atoms with Gasteiger partial charge >= 0.3 is 0 Å². The first-order chi connectivity index (χ1) is 6.73. The Labute approximate surface area is 91.2 Å². The summed E-state index contributed by atoms with van der Waals surface area (Å²) in [6, 6.07) is 2.27. The molecule has 1 aromatic carbocycles. The van der Waals surface area contributed by atoms with Crippen molar-refractivity contribution in [3.63, 3.8) is 0 Å². The van der Waals surface area contributed by atoms with Crippen LogP contribution in [0.15, 0.2) is 17.0 Å². The fraction of sp³-hybridized carbons (Fsp3) is 0.250. The number of nitro groups is 1. The molecule has 0 saturated carbocycles. The van der Waals surface area contributed by atoms with Crippen LogP contribution in [0.4, 0.5) is 5.69 Å². The van der Waals surface area contributed by atoms with E-state index in [0.717, 1.165) is 6.07 Å². The summed E-state index contributed by atoms with van der Waals surface area (Å²) in [6.45, 7) is 3.14. The molecule has 0 aliphatic rings. The minimum Gasteiger partial charge on any atom is -0.258 e. The van der Waals surface area contributed by atoms with E-state index in [4.69, 9.17) is 10.7 Å². The summed E-state index contributed by atoms with van der Waals surface area (Å²) in [5.74, 6) is 0. The van der Waals surface area contributed by atoms with Crippen molar-refractivity contribution >= 4 is 25.4 Å². The third kappa shape index (κ3) is 2.45. The fourth-order valence-corrected chi connectivity index (χ4v) is 1.98. The van der Waals surface area contributed by atoms with E-state index >= 15 is 0 Å². The molecular weight excluding hydrogens is 242 g/mol. The van der Waals surface area contributed by atoms with E-state index in [1.165, 1.54) is 6.07 Å². The molecular formula is C8H8ClNO4S. The van der Waals surface area contributed by atoms with Crippen LogP contribution in [0.25, 0.3) is 0 Å². The SMILES string of the molecule is Cc1cc(S(=O)(=O)Cl)cc([N+](=O)[O-])c1C. The molecule has 0 aliphatic heterocycles. The summed E-state index contributed by atoms with van der Waals surface area (Å²) in [5.41, 5.74) is 0.710. The van der Waals surface area contributed by atoms with E-state index in [-0.39, 0.29) is 10.6 Å². The Balaban J connectivity index is 3.57. The summed E-state index contributed by atoms with van der Waals surface area (Å²) < 4.78 is 22.0. The van der Waals surface area contributed by atoms with Gasteiger partial charge < -0.3 is 0 Å². The predicted octanol–water partition coefficient (Wildman–Crippen LogP) is 2.14. The topological polar surface area (TPSA) is 77.3 Å². The Bertz CT molecular complexity index is 524. The van der Waals surface area contributed by atoms with Gasteiger partial charge in [-0.25, -0.2) is 8.42 Å². The molecule has 1 aromatic rings. The van der Waals surface area contributed by atoms with Crippen LogP contribution in [-0.4, -0.2) is 13.3 Å². The highest BCUT2D eigenvalue weighted by atomic mass is 35.7. The molecule has 0 fully saturated rings. The van der Waals surface area contributed by atoms with Crippen molar-refractivity contribution in [3.8, 4) is 0 Å². The van der Waals surface area contributed by atoms with E-state index in [9.17, 15) is 18.5 Å².